The van der Waals surface area contributed by atoms with E-state index < -0.39 is 0 Å². The molecule has 1 aliphatic rings. The quantitative estimate of drug-likeness (QED) is 0.782. The lowest BCUT2D eigenvalue weighted by Gasteiger charge is -2.23. The predicted octanol–water partition coefficient (Wildman–Crippen LogP) is 1.49. The number of carbonyl (C=O) groups is 1. The van der Waals surface area contributed by atoms with E-state index in [2.05, 4.69) is 15.1 Å². The monoisotopic (exact) mass is 279 g/mol. The van der Waals surface area contributed by atoms with Crippen LogP contribution in [0.3, 0.4) is 0 Å². The molecule has 1 amide bonds. The highest BCUT2D eigenvalue weighted by Gasteiger charge is 2.27. The number of nitrogens with zero attached hydrogens (tertiary/aromatic N) is 5. The molecule has 0 aliphatic carbocycles. The molecule has 100 valence electrons. The van der Waals surface area contributed by atoms with Crippen molar-refractivity contribution in [2.24, 2.45) is 0 Å². The van der Waals surface area contributed by atoms with Gasteiger partial charge >= 0.3 is 0 Å². The number of rotatable bonds is 2. The summed E-state index contributed by atoms with van der Waals surface area (Å²) in [4.78, 5) is 21.6. The molecule has 0 spiro atoms. The number of fused-ring (bicyclic) bond motifs is 1. The molecule has 0 bridgehead atoms. The Kier molecular flexibility index (Phi) is 3.10. The van der Waals surface area contributed by atoms with Crippen LogP contribution >= 0.6 is 11.6 Å². The third kappa shape index (κ3) is 2.28. The third-order valence-corrected chi connectivity index (χ3v) is 3.69. The fraction of sp³-hybridized carbons (Fsp3) is 0.500. The van der Waals surface area contributed by atoms with Gasteiger partial charge in [0.15, 0.2) is 5.65 Å². The minimum absolute atomic E-state index is 0.117. The molecule has 1 atom stereocenters. The van der Waals surface area contributed by atoms with Gasteiger partial charge in [-0.05, 0) is 24.4 Å². The lowest BCUT2D eigenvalue weighted by Crippen LogP contribution is -2.36. The van der Waals surface area contributed by atoms with Gasteiger partial charge in [0.1, 0.15) is 0 Å². The molecule has 3 heterocycles. The molecule has 2 aromatic heterocycles. The molecule has 19 heavy (non-hydrogen) atoms. The Morgan fingerprint density at radius 3 is 3.16 bits per heavy atom. The number of halogens is 1. The van der Waals surface area contributed by atoms with Crippen molar-refractivity contribution >= 4 is 28.5 Å². The molecule has 7 heteroatoms. The largest absolute Gasteiger partial charge is 0.338 e. The molecule has 0 radical (unpaired) electrons. The molecular weight excluding hydrogens is 266 g/mol. The molecule has 0 N–H and O–H groups in total. The summed E-state index contributed by atoms with van der Waals surface area (Å²) >= 11 is 5.82. The topological polar surface area (TPSA) is 63.9 Å². The SMILES string of the molecule is CC(=O)N1CCCC1Cn1ncc2cnc(Cl)nc21. The van der Waals surface area contributed by atoms with Crippen LogP contribution in [-0.4, -0.2) is 43.1 Å². The molecular formula is C12H14ClN5O. The van der Waals surface area contributed by atoms with Crippen molar-refractivity contribution in [3.05, 3.63) is 17.7 Å². The van der Waals surface area contributed by atoms with Gasteiger partial charge in [-0.1, -0.05) is 0 Å². The first-order chi connectivity index (χ1) is 9.15. The summed E-state index contributed by atoms with van der Waals surface area (Å²) in [6.45, 7) is 3.09. The van der Waals surface area contributed by atoms with Crippen molar-refractivity contribution in [1.82, 2.24) is 24.6 Å². The highest BCUT2D eigenvalue weighted by molar-refractivity contribution is 6.28. The van der Waals surface area contributed by atoms with Gasteiger partial charge in [-0.3, -0.25) is 4.79 Å². The van der Waals surface area contributed by atoms with E-state index in [4.69, 9.17) is 11.6 Å². The number of amides is 1. The summed E-state index contributed by atoms with van der Waals surface area (Å²) in [5, 5.41) is 5.38. The number of carbonyl (C=O) groups excluding carboxylic acids is 1. The second-order valence-electron chi connectivity index (χ2n) is 4.75. The fourth-order valence-electron chi connectivity index (χ4n) is 2.62. The normalized spacial score (nSPS) is 19.3. The fourth-order valence-corrected chi connectivity index (χ4v) is 2.75. The van der Waals surface area contributed by atoms with Crippen LogP contribution in [0.15, 0.2) is 12.4 Å². The first-order valence-electron chi connectivity index (χ1n) is 6.26. The lowest BCUT2D eigenvalue weighted by molar-refractivity contribution is -0.129. The minimum Gasteiger partial charge on any atom is -0.338 e. The maximum absolute atomic E-state index is 11.6. The van der Waals surface area contributed by atoms with E-state index in [0.717, 1.165) is 30.4 Å². The summed E-state index contributed by atoms with van der Waals surface area (Å²) in [5.74, 6) is 0.117. The Bertz CT molecular complexity index is 626. The van der Waals surface area contributed by atoms with Crippen molar-refractivity contribution in [3.63, 3.8) is 0 Å². The summed E-state index contributed by atoms with van der Waals surface area (Å²) in [7, 11) is 0. The molecule has 1 unspecified atom stereocenters. The zero-order valence-corrected chi connectivity index (χ0v) is 11.3. The molecule has 1 saturated heterocycles. The lowest BCUT2D eigenvalue weighted by atomic mass is 10.2. The van der Waals surface area contributed by atoms with Crippen molar-refractivity contribution in [1.29, 1.82) is 0 Å². The second kappa shape index (κ2) is 4.77. The van der Waals surface area contributed by atoms with E-state index >= 15 is 0 Å². The molecule has 0 aromatic carbocycles. The summed E-state index contributed by atoms with van der Waals surface area (Å²) in [6.07, 6.45) is 5.42. The number of hydrogen-bond donors (Lipinski definition) is 0. The average Bonchev–Trinajstić information content (AvgIpc) is 2.97. The Balaban J connectivity index is 1.89. The summed E-state index contributed by atoms with van der Waals surface area (Å²) in [6, 6.07) is 0.189. The molecule has 6 nitrogen and oxygen atoms in total. The van der Waals surface area contributed by atoms with Crippen LogP contribution in [0, 0.1) is 0 Å². The zero-order valence-electron chi connectivity index (χ0n) is 10.6. The Hall–Kier alpha value is -1.69. The van der Waals surface area contributed by atoms with Crippen LogP contribution in [-0.2, 0) is 11.3 Å². The predicted molar refractivity (Wildman–Crippen MR) is 70.7 cm³/mol. The van der Waals surface area contributed by atoms with Crippen LogP contribution in [0.5, 0.6) is 0 Å². The number of hydrogen-bond acceptors (Lipinski definition) is 4. The van der Waals surface area contributed by atoms with Crippen LogP contribution < -0.4 is 0 Å². The van der Waals surface area contributed by atoms with Gasteiger partial charge in [-0.2, -0.15) is 10.1 Å². The average molecular weight is 280 g/mol. The smallest absolute Gasteiger partial charge is 0.224 e. The number of aromatic nitrogens is 4. The molecule has 1 fully saturated rings. The third-order valence-electron chi connectivity index (χ3n) is 3.51. The van der Waals surface area contributed by atoms with E-state index in [1.807, 2.05) is 4.90 Å². The first kappa shape index (κ1) is 12.3. The van der Waals surface area contributed by atoms with E-state index in [9.17, 15) is 4.79 Å². The summed E-state index contributed by atoms with van der Waals surface area (Å²) < 4.78 is 1.80. The molecule has 0 saturated carbocycles. The van der Waals surface area contributed by atoms with Crippen molar-refractivity contribution in [2.45, 2.75) is 32.4 Å². The van der Waals surface area contributed by atoms with Gasteiger partial charge in [-0.15, -0.1) is 0 Å². The number of likely N-dealkylation sites (tertiary alicyclic amines) is 1. The van der Waals surface area contributed by atoms with Gasteiger partial charge < -0.3 is 4.90 Å². The van der Waals surface area contributed by atoms with Gasteiger partial charge in [0.25, 0.3) is 0 Å². The van der Waals surface area contributed by atoms with Gasteiger partial charge in [0.2, 0.25) is 11.2 Å². The highest BCUT2D eigenvalue weighted by atomic mass is 35.5. The molecule has 2 aromatic rings. The van der Waals surface area contributed by atoms with Crippen molar-refractivity contribution in [3.8, 4) is 0 Å². The zero-order chi connectivity index (χ0) is 13.4. The van der Waals surface area contributed by atoms with E-state index in [1.54, 1.807) is 24.0 Å². The van der Waals surface area contributed by atoms with E-state index in [0.29, 0.717) is 6.54 Å². The van der Waals surface area contributed by atoms with Gasteiger partial charge in [-0.25, -0.2) is 9.67 Å². The summed E-state index contributed by atoms with van der Waals surface area (Å²) in [5.41, 5.74) is 0.718. The van der Waals surface area contributed by atoms with Crippen molar-refractivity contribution in [2.75, 3.05) is 6.54 Å². The van der Waals surface area contributed by atoms with Crippen LogP contribution in [0.25, 0.3) is 11.0 Å². The van der Waals surface area contributed by atoms with Crippen molar-refractivity contribution < 1.29 is 4.79 Å². The molecule has 3 rings (SSSR count). The van der Waals surface area contributed by atoms with Gasteiger partial charge in [0.05, 0.1) is 24.2 Å². The van der Waals surface area contributed by atoms with Crippen LogP contribution in [0.2, 0.25) is 5.28 Å². The Morgan fingerprint density at radius 2 is 2.37 bits per heavy atom. The van der Waals surface area contributed by atoms with E-state index in [-0.39, 0.29) is 17.2 Å². The Labute approximate surface area is 115 Å². The maximum atomic E-state index is 11.6. The van der Waals surface area contributed by atoms with E-state index in [1.165, 1.54) is 0 Å². The van der Waals surface area contributed by atoms with Gasteiger partial charge in [0, 0.05) is 19.7 Å². The Morgan fingerprint density at radius 1 is 1.53 bits per heavy atom. The van der Waals surface area contributed by atoms with Crippen LogP contribution in [0.1, 0.15) is 19.8 Å². The molecule has 1 aliphatic heterocycles. The highest BCUT2D eigenvalue weighted by Crippen LogP contribution is 2.20. The second-order valence-corrected chi connectivity index (χ2v) is 5.09. The first-order valence-corrected chi connectivity index (χ1v) is 6.64. The standard InChI is InChI=1S/C12H14ClN5O/c1-8(19)17-4-2-3-10(17)7-18-11-9(6-15-18)5-14-12(13)16-11/h5-6,10H,2-4,7H2,1H3. The minimum atomic E-state index is 0.117. The maximum Gasteiger partial charge on any atom is 0.224 e. The van der Waals surface area contributed by atoms with Crippen LogP contribution in [0.4, 0.5) is 0 Å².